The van der Waals surface area contributed by atoms with Crippen molar-refractivity contribution in [1.29, 1.82) is 0 Å². The monoisotopic (exact) mass is 296 g/mol. The highest BCUT2D eigenvalue weighted by Gasteiger charge is 2.29. The van der Waals surface area contributed by atoms with Gasteiger partial charge in [-0.25, -0.2) is 4.98 Å². The average molecular weight is 296 g/mol. The minimum Gasteiger partial charge on any atom is -0.482 e. The number of anilines is 3. The number of amides is 2. The maximum Gasteiger partial charge on any atom is 0.270 e. The summed E-state index contributed by atoms with van der Waals surface area (Å²) >= 11 is 0. The zero-order valence-corrected chi connectivity index (χ0v) is 11.3. The highest BCUT2D eigenvalue weighted by atomic mass is 16.5. The molecule has 0 aliphatic carbocycles. The van der Waals surface area contributed by atoms with Crippen LogP contribution in [0.1, 0.15) is 0 Å². The summed E-state index contributed by atoms with van der Waals surface area (Å²) in [5.41, 5.74) is 1.10. The van der Waals surface area contributed by atoms with Crippen LogP contribution in [0.5, 0.6) is 11.5 Å². The lowest BCUT2D eigenvalue weighted by Gasteiger charge is -2.29. The molecule has 0 spiro atoms. The second kappa shape index (κ2) is 4.73. The van der Waals surface area contributed by atoms with Crippen LogP contribution in [0.3, 0.4) is 0 Å². The molecule has 7 nitrogen and oxygen atoms in total. The summed E-state index contributed by atoms with van der Waals surface area (Å²) in [6.07, 6.45) is 2.69. The normalized spacial score (nSPS) is 16.1. The standard InChI is InChI=1S/C15H10N3O4/c19-13-7-21-11-4-3-9(6-10(11)17-13)18-14(20)8-22-12-2-1-5-16-15(12)18/h1-4,6H,7-8H2,(H,17,19). The van der Waals surface area contributed by atoms with Gasteiger partial charge in [0, 0.05) is 0 Å². The first-order valence-electron chi connectivity index (χ1n) is 6.62. The summed E-state index contributed by atoms with van der Waals surface area (Å²) in [6.45, 7) is -0.0825. The maximum atomic E-state index is 12.2. The second-order valence-corrected chi connectivity index (χ2v) is 4.80. The van der Waals surface area contributed by atoms with E-state index in [1.165, 1.54) is 4.90 Å². The summed E-state index contributed by atoms with van der Waals surface area (Å²) in [6, 6.07) is 8.43. The van der Waals surface area contributed by atoms with Gasteiger partial charge in [0.05, 0.1) is 17.6 Å². The van der Waals surface area contributed by atoms with Crippen molar-refractivity contribution in [3.63, 3.8) is 0 Å². The second-order valence-electron chi connectivity index (χ2n) is 4.80. The van der Waals surface area contributed by atoms with Crippen molar-refractivity contribution in [2.45, 2.75) is 0 Å². The number of hydrogen-bond acceptors (Lipinski definition) is 5. The fourth-order valence-corrected chi connectivity index (χ4v) is 2.41. The predicted molar refractivity (Wildman–Crippen MR) is 76.3 cm³/mol. The molecule has 0 unspecified atom stereocenters. The third kappa shape index (κ3) is 1.95. The van der Waals surface area contributed by atoms with Crippen LogP contribution in [0.25, 0.3) is 0 Å². The highest BCUT2D eigenvalue weighted by molar-refractivity contribution is 6.04. The molecule has 4 rings (SSSR count). The molecule has 109 valence electrons. The molecule has 1 aromatic carbocycles. The molecule has 1 N–H and O–H groups in total. The van der Waals surface area contributed by atoms with Gasteiger partial charge < -0.3 is 14.8 Å². The fourth-order valence-electron chi connectivity index (χ4n) is 2.41. The zero-order valence-electron chi connectivity index (χ0n) is 11.3. The molecule has 2 amide bonds. The van der Waals surface area contributed by atoms with Gasteiger partial charge in [-0.2, -0.15) is 0 Å². The lowest BCUT2D eigenvalue weighted by Crippen LogP contribution is -2.36. The van der Waals surface area contributed by atoms with E-state index in [1.807, 2.05) is 0 Å². The molecule has 0 fully saturated rings. The Morgan fingerprint density at radius 2 is 2.00 bits per heavy atom. The third-order valence-corrected chi connectivity index (χ3v) is 3.37. The van der Waals surface area contributed by atoms with Crippen molar-refractivity contribution in [2.75, 3.05) is 23.4 Å². The Hall–Kier alpha value is -3.09. The van der Waals surface area contributed by atoms with Gasteiger partial charge in [0.15, 0.2) is 24.8 Å². The van der Waals surface area contributed by atoms with Gasteiger partial charge in [0.1, 0.15) is 5.75 Å². The van der Waals surface area contributed by atoms with Gasteiger partial charge in [0.2, 0.25) is 0 Å². The third-order valence-electron chi connectivity index (χ3n) is 3.37. The summed E-state index contributed by atoms with van der Waals surface area (Å²) in [5.74, 6) is 0.974. The van der Waals surface area contributed by atoms with Crippen molar-refractivity contribution in [1.82, 2.24) is 4.98 Å². The Morgan fingerprint density at radius 1 is 1.14 bits per heavy atom. The van der Waals surface area contributed by atoms with Gasteiger partial charge in [0.25, 0.3) is 11.8 Å². The molecule has 1 radical (unpaired) electrons. The number of hydrogen-bond donors (Lipinski definition) is 1. The van der Waals surface area contributed by atoms with E-state index in [0.717, 1.165) is 0 Å². The van der Waals surface area contributed by atoms with E-state index in [-0.39, 0.29) is 25.0 Å². The first-order valence-corrected chi connectivity index (χ1v) is 6.62. The molecule has 2 aromatic rings. The van der Waals surface area contributed by atoms with Crippen LogP contribution in [0, 0.1) is 6.20 Å². The maximum absolute atomic E-state index is 12.2. The molecule has 22 heavy (non-hydrogen) atoms. The summed E-state index contributed by atoms with van der Waals surface area (Å²) in [7, 11) is 0. The number of fused-ring (bicyclic) bond motifs is 2. The van der Waals surface area contributed by atoms with E-state index in [0.29, 0.717) is 28.7 Å². The molecule has 1 aromatic heterocycles. The quantitative estimate of drug-likeness (QED) is 0.857. The summed E-state index contributed by atoms with van der Waals surface area (Å²) < 4.78 is 10.7. The first-order chi connectivity index (χ1) is 10.7. The average Bonchev–Trinajstić information content (AvgIpc) is 2.54. The lowest BCUT2D eigenvalue weighted by molar-refractivity contribution is -0.120. The smallest absolute Gasteiger partial charge is 0.270 e. The van der Waals surface area contributed by atoms with Crippen LogP contribution in [0.4, 0.5) is 17.2 Å². The Balaban J connectivity index is 1.80. The molecular formula is C15H10N3O4. The molecule has 0 atom stereocenters. The number of nitrogens with zero attached hydrogens (tertiary/aromatic N) is 2. The largest absolute Gasteiger partial charge is 0.482 e. The Bertz CT molecular complexity index is 790. The van der Waals surface area contributed by atoms with E-state index in [9.17, 15) is 9.59 Å². The fraction of sp³-hybridized carbons (Fsp3) is 0.133. The molecule has 2 aliphatic heterocycles. The molecule has 2 aliphatic rings. The van der Waals surface area contributed by atoms with Crippen molar-refractivity contribution < 1.29 is 19.1 Å². The van der Waals surface area contributed by atoms with E-state index in [4.69, 9.17) is 9.47 Å². The van der Waals surface area contributed by atoms with Gasteiger partial charge in [-0.15, -0.1) is 0 Å². The van der Waals surface area contributed by atoms with E-state index >= 15 is 0 Å². The summed E-state index contributed by atoms with van der Waals surface area (Å²) in [5, 5.41) is 2.72. The number of pyridine rings is 1. The van der Waals surface area contributed by atoms with Crippen molar-refractivity contribution in [2.24, 2.45) is 0 Å². The van der Waals surface area contributed by atoms with E-state index < -0.39 is 0 Å². The minimum absolute atomic E-state index is 0.0117. The minimum atomic E-state index is -0.248. The van der Waals surface area contributed by atoms with Crippen LogP contribution in [0.2, 0.25) is 0 Å². The van der Waals surface area contributed by atoms with Gasteiger partial charge >= 0.3 is 0 Å². The van der Waals surface area contributed by atoms with Gasteiger partial charge in [-0.1, -0.05) is 0 Å². The Labute approximate surface area is 125 Å². The number of carbonyl (C=O) groups excluding carboxylic acids is 2. The van der Waals surface area contributed by atoms with Crippen molar-refractivity contribution in [3.05, 3.63) is 36.5 Å². The van der Waals surface area contributed by atoms with Crippen LogP contribution in [-0.4, -0.2) is 30.0 Å². The first kappa shape index (κ1) is 12.6. The molecule has 0 saturated heterocycles. The number of carbonyl (C=O) groups is 2. The number of rotatable bonds is 1. The van der Waals surface area contributed by atoms with Crippen LogP contribution in [-0.2, 0) is 9.59 Å². The lowest BCUT2D eigenvalue weighted by atomic mass is 10.2. The predicted octanol–water partition coefficient (Wildman–Crippen LogP) is 1.27. The Morgan fingerprint density at radius 3 is 2.91 bits per heavy atom. The van der Waals surface area contributed by atoms with Crippen LogP contribution in [0.15, 0.2) is 30.3 Å². The number of aromatic nitrogens is 1. The topological polar surface area (TPSA) is 80.8 Å². The van der Waals surface area contributed by atoms with Crippen LogP contribution >= 0.6 is 0 Å². The SMILES string of the molecule is O=C1COc2ccc(N3C(=O)COc4cc[c]nc43)cc2N1. The van der Waals surface area contributed by atoms with Crippen molar-refractivity contribution >= 4 is 29.0 Å². The molecule has 0 saturated carbocycles. The molecule has 7 heteroatoms. The zero-order chi connectivity index (χ0) is 15.1. The highest BCUT2D eigenvalue weighted by Crippen LogP contribution is 2.38. The molecular weight excluding hydrogens is 286 g/mol. The van der Waals surface area contributed by atoms with E-state index in [2.05, 4.69) is 16.5 Å². The number of benzene rings is 1. The molecule has 3 heterocycles. The van der Waals surface area contributed by atoms with E-state index in [1.54, 1.807) is 30.3 Å². The van der Waals surface area contributed by atoms with Gasteiger partial charge in [-0.05, 0) is 30.3 Å². The number of nitrogens with one attached hydrogen (secondary N) is 1. The van der Waals surface area contributed by atoms with Crippen molar-refractivity contribution in [3.8, 4) is 11.5 Å². The van der Waals surface area contributed by atoms with Crippen LogP contribution < -0.4 is 19.7 Å². The Kier molecular flexibility index (Phi) is 2.72. The number of ether oxygens (including phenoxy) is 2. The molecule has 0 bridgehead atoms. The van der Waals surface area contributed by atoms with Gasteiger partial charge in [-0.3, -0.25) is 14.5 Å². The summed E-state index contributed by atoms with van der Waals surface area (Å²) in [4.78, 5) is 29.2.